The van der Waals surface area contributed by atoms with Crippen molar-refractivity contribution in [1.82, 2.24) is 4.90 Å². The van der Waals surface area contributed by atoms with Crippen molar-refractivity contribution < 1.29 is 24.4 Å². The normalized spacial score (nSPS) is 19.7. The number of likely N-dealkylation sites (tertiary alicyclic amines) is 1. The van der Waals surface area contributed by atoms with Crippen molar-refractivity contribution >= 4 is 23.3 Å². The number of carbonyl (C=O) groups excluding carboxylic acids is 1. The molecule has 1 aromatic rings. The van der Waals surface area contributed by atoms with E-state index in [-0.39, 0.29) is 31.3 Å². The SMILES string of the molecule is COCC1(C(=O)O)CCN(C(=O)CN(C)c2ccccc2[N+](=O)[O-])C1. The summed E-state index contributed by atoms with van der Waals surface area (Å²) < 4.78 is 5.01. The van der Waals surface area contributed by atoms with Gasteiger partial charge >= 0.3 is 5.97 Å². The molecule has 1 amide bonds. The standard InChI is InChI=1S/C16H21N3O6/c1-17(12-5-3-4-6-13(12)19(23)24)9-14(20)18-8-7-16(10-18,11-25-2)15(21)22/h3-6H,7-11H2,1-2H3,(H,21,22). The van der Waals surface area contributed by atoms with E-state index in [0.717, 1.165) is 0 Å². The van der Waals surface area contributed by atoms with Crippen molar-refractivity contribution in [3.05, 3.63) is 34.4 Å². The van der Waals surface area contributed by atoms with E-state index in [1.165, 1.54) is 23.0 Å². The molecule has 0 aliphatic carbocycles. The number of likely N-dealkylation sites (N-methyl/N-ethyl adjacent to an activating group) is 1. The smallest absolute Gasteiger partial charge is 0.313 e. The molecule has 0 aromatic heterocycles. The van der Waals surface area contributed by atoms with Crippen LogP contribution < -0.4 is 4.90 Å². The van der Waals surface area contributed by atoms with Crippen LogP contribution in [-0.4, -0.2) is 67.2 Å². The van der Waals surface area contributed by atoms with Gasteiger partial charge in [0.05, 0.1) is 18.1 Å². The van der Waals surface area contributed by atoms with Gasteiger partial charge in [-0.15, -0.1) is 0 Å². The maximum Gasteiger partial charge on any atom is 0.313 e. The number of nitro benzene ring substituents is 1. The highest BCUT2D eigenvalue weighted by Crippen LogP contribution is 2.32. The molecule has 2 rings (SSSR count). The fraction of sp³-hybridized carbons (Fsp3) is 0.500. The van der Waals surface area contributed by atoms with Crippen LogP contribution in [0, 0.1) is 15.5 Å². The second kappa shape index (κ2) is 7.47. The molecular formula is C16H21N3O6. The molecule has 25 heavy (non-hydrogen) atoms. The molecule has 136 valence electrons. The van der Waals surface area contributed by atoms with Crippen molar-refractivity contribution in [1.29, 1.82) is 0 Å². The van der Waals surface area contributed by atoms with E-state index in [4.69, 9.17) is 4.74 Å². The first-order chi connectivity index (χ1) is 11.8. The Morgan fingerprint density at radius 1 is 1.44 bits per heavy atom. The topological polar surface area (TPSA) is 113 Å². The fourth-order valence-electron chi connectivity index (χ4n) is 3.05. The Kier molecular flexibility index (Phi) is 5.58. The molecule has 1 aliphatic heterocycles. The number of methoxy groups -OCH3 is 1. The summed E-state index contributed by atoms with van der Waals surface area (Å²) in [6.45, 7) is 0.346. The quantitative estimate of drug-likeness (QED) is 0.575. The molecule has 1 aromatic carbocycles. The first-order valence-electron chi connectivity index (χ1n) is 7.75. The summed E-state index contributed by atoms with van der Waals surface area (Å²) in [6, 6.07) is 6.17. The number of nitro groups is 1. The average molecular weight is 351 g/mol. The first kappa shape index (κ1) is 18.7. The Hall–Kier alpha value is -2.68. The minimum atomic E-state index is -1.10. The predicted molar refractivity (Wildman–Crippen MR) is 89.5 cm³/mol. The minimum absolute atomic E-state index is 0.0338. The van der Waals surface area contributed by atoms with Crippen molar-refractivity contribution in [2.45, 2.75) is 6.42 Å². The van der Waals surface area contributed by atoms with E-state index in [1.807, 2.05) is 0 Å². The lowest BCUT2D eigenvalue weighted by Gasteiger charge is -2.25. The van der Waals surface area contributed by atoms with Crippen LogP contribution in [0.25, 0.3) is 0 Å². The van der Waals surface area contributed by atoms with Crippen LogP contribution in [0.4, 0.5) is 11.4 Å². The minimum Gasteiger partial charge on any atom is -0.481 e. The van der Waals surface area contributed by atoms with Crippen molar-refractivity contribution in [3.63, 3.8) is 0 Å². The molecule has 0 bridgehead atoms. The van der Waals surface area contributed by atoms with Crippen molar-refractivity contribution in [2.75, 3.05) is 45.3 Å². The summed E-state index contributed by atoms with van der Waals surface area (Å²) in [5.74, 6) is -1.27. The molecule has 1 N–H and O–H groups in total. The Morgan fingerprint density at radius 3 is 2.72 bits per heavy atom. The second-order valence-electron chi connectivity index (χ2n) is 6.19. The number of hydrogen-bond acceptors (Lipinski definition) is 6. The lowest BCUT2D eigenvalue weighted by molar-refractivity contribution is -0.384. The van der Waals surface area contributed by atoms with E-state index < -0.39 is 16.3 Å². The number of carboxylic acid groups (broad SMARTS) is 1. The third-order valence-electron chi connectivity index (χ3n) is 4.44. The molecule has 1 fully saturated rings. The lowest BCUT2D eigenvalue weighted by atomic mass is 9.88. The van der Waals surface area contributed by atoms with Gasteiger partial charge in [0.25, 0.3) is 5.69 Å². The average Bonchev–Trinajstić information content (AvgIpc) is 3.01. The zero-order chi connectivity index (χ0) is 18.6. The van der Waals surface area contributed by atoms with Crippen LogP contribution in [0.5, 0.6) is 0 Å². The zero-order valence-corrected chi connectivity index (χ0v) is 14.2. The molecule has 9 heteroatoms. The Bertz CT molecular complexity index is 680. The van der Waals surface area contributed by atoms with Gasteiger partial charge in [-0.2, -0.15) is 0 Å². The highest BCUT2D eigenvalue weighted by Gasteiger charge is 2.46. The fourth-order valence-corrected chi connectivity index (χ4v) is 3.05. The predicted octanol–water partition coefficient (Wildman–Crippen LogP) is 0.981. The Balaban J connectivity index is 2.08. The number of para-hydroxylation sites is 2. The molecule has 0 saturated carbocycles. The third-order valence-corrected chi connectivity index (χ3v) is 4.44. The molecule has 1 atom stereocenters. The van der Waals surface area contributed by atoms with Gasteiger partial charge in [-0.25, -0.2) is 0 Å². The molecule has 1 heterocycles. The van der Waals surface area contributed by atoms with E-state index >= 15 is 0 Å². The molecule has 1 unspecified atom stereocenters. The molecule has 1 aliphatic rings. The largest absolute Gasteiger partial charge is 0.481 e. The lowest BCUT2D eigenvalue weighted by Crippen LogP contribution is -2.42. The number of nitrogens with zero attached hydrogens (tertiary/aromatic N) is 3. The Morgan fingerprint density at radius 2 is 2.12 bits per heavy atom. The van der Waals surface area contributed by atoms with Gasteiger partial charge in [0.2, 0.25) is 5.91 Å². The van der Waals surface area contributed by atoms with Crippen molar-refractivity contribution in [2.24, 2.45) is 5.41 Å². The molecule has 0 radical (unpaired) electrons. The molecular weight excluding hydrogens is 330 g/mol. The highest BCUT2D eigenvalue weighted by atomic mass is 16.6. The number of carboxylic acids is 1. The van der Waals surface area contributed by atoms with Gasteiger partial charge in [0.1, 0.15) is 11.1 Å². The van der Waals surface area contributed by atoms with E-state index in [2.05, 4.69) is 0 Å². The number of rotatable bonds is 7. The first-order valence-corrected chi connectivity index (χ1v) is 7.75. The summed E-state index contributed by atoms with van der Waals surface area (Å²) in [6.07, 6.45) is 0.317. The van der Waals surface area contributed by atoms with Crippen LogP contribution in [0.15, 0.2) is 24.3 Å². The number of hydrogen-bond donors (Lipinski definition) is 1. The molecule has 9 nitrogen and oxygen atoms in total. The number of benzene rings is 1. The number of aliphatic carboxylic acids is 1. The third kappa shape index (κ3) is 3.87. The van der Waals surface area contributed by atoms with E-state index in [0.29, 0.717) is 18.7 Å². The number of amides is 1. The van der Waals surface area contributed by atoms with Crippen LogP contribution in [0.3, 0.4) is 0 Å². The number of ether oxygens (including phenoxy) is 1. The van der Waals surface area contributed by atoms with Gasteiger partial charge in [-0.05, 0) is 12.5 Å². The summed E-state index contributed by atoms with van der Waals surface area (Å²) in [5, 5.41) is 20.6. The van der Waals surface area contributed by atoms with Crippen LogP contribution in [0.2, 0.25) is 0 Å². The Labute approximate surface area is 144 Å². The summed E-state index contributed by atoms with van der Waals surface area (Å²) in [5.41, 5.74) is -0.846. The summed E-state index contributed by atoms with van der Waals surface area (Å²) in [4.78, 5) is 37.6. The maximum atomic E-state index is 12.5. The van der Waals surface area contributed by atoms with E-state index in [1.54, 1.807) is 25.2 Å². The summed E-state index contributed by atoms with van der Waals surface area (Å²) in [7, 11) is 3.02. The van der Waals surface area contributed by atoms with Gasteiger partial charge in [-0.1, -0.05) is 12.1 Å². The number of anilines is 1. The van der Waals surface area contributed by atoms with Crippen LogP contribution in [-0.2, 0) is 14.3 Å². The summed E-state index contributed by atoms with van der Waals surface area (Å²) >= 11 is 0. The second-order valence-corrected chi connectivity index (χ2v) is 6.19. The monoisotopic (exact) mass is 351 g/mol. The van der Waals surface area contributed by atoms with Gasteiger partial charge in [0, 0.05) is 33.3 Å². The molecule has 1 saturated heterocycles. The highest BCUT2D eigenvalue weighted by molar-refractivity contribution is 5.84. The maximum absolute atomic E-state index is 12.5. The van der Waals surface area contributed by atoms with Crippen LogP contribution in [0.1, 0.15) is 6.42 Å². The van der Waals surface area contributed by atoms with Crippen molar-refractivity contribution in [3.8, 4) is 0 Å². The van der Waals surface area contributed by atoms with E-state index in [9.17, 15) is 24.8 Å². The van der Waals surface area contributed by atoms with Gasteiger partial charge in [0.15, 0.2) is 0 Å². The van der Waals surface area contributed by atoms with Crippen LogP contribution >= 0.6 is 0 Å². The van der Waals surface area contributed by atoms with Gasteiger partial charge in [-0.3, -0.25) is 19.7 Å². The number of carbonyl (C=O) groups is 2. The van der Waals surface area contributed by atoms with Gasteiger partial charge < -0.3 is 19.6 Å². The zero-order valence-electron chi connectivity index (χ0n) is 14.2. The molecule has 0 spiro atoms.